The Morgan fingerprint density at radius 3 is 2.30 bits per heavy atom. The molecule has 2 amide bonds. The largest absolute Gasteiger partial charge is 0.449 e. The Balaban J connectivity index is 2.19. The number of esters is 1. The van der Waals surface area contributed by atoms with Crippen LogP contribution in [0.3, 0.4) is 0 Å². The van der Waals surface area contributed by atoms with Gasteiger partial charge in [-0.1, -0.05) is 36.4 Å². The molecule has 2 aromatic rings. The van der Waals surface area contributed by atoms with Crippen LogP contribution in [0.1, 0.15) is 27.6 Å². The predicted molar refractivity (Wildman–Crippen MR) is 104 cm³/mol. The van der Waals surface area contributed by atoms with Gasteiger partial charge in [-0.3, -0.25) is 9.59 Å². The van der Waals surface area contributed by atoms with Crippen molar-refractivity contribution in [3.63, 3.8) is 0 Å². The van der Waals surface area contributed by atoms with E-state index in [1.54, 1.807) is 37.4 Å². The molecule has 0 unspecified atom stereocenters. The molecule has 0 aromatic heterocycles. The summed E-state index contributed by atoms with van der Waals surface area (Å²) in [6.07, 6.45) is 0.535. The molecular formula is C21H22N2O4. The van der Waals surface area contributed by atoms with Crippen molar-refractivity contribution in [2.75, 3.05) is 18.5 Å². The SMILES string of the molecule is C=CCNC(=O)[C@@H](C)OC(=O)c1ccccc1C(=O)N(C)c1ccccc1. The number of amides is 2. The molecule has 0 fully saturated rings. The third kappa shape index (κ3) is 5.04. The molecule has 0 spiro atoms. The van der Waals surface area contributed by atoms with Crippen molar-refractivity contribution in [2.24, 2.45) is 0 Å². The van der Waals surface area contributed by atoms with E-state index in [2.05, 4.69) is 11.9 Å². The highest BCUT2D eigenvalue weighted by molar-refractivity contribution is 6.12. The zero-order valence-electron chi connectivity index (χ0n) is 15.3. The van der Waals surface area contributed by atoms with E-state index in [-0.39, 0.29) is 23.6 Å². The second-order valence-electron chi connectivity index (χ2n) is 5.83. The maximum absolute atomic E-state index is 12.9. The van der Waals surface area contributed by atoms with Crippen molar-refractivity contribution in [3.05, 3.63) is 78.4 Å². The Bertz CT molecular complexity index is 833. The van der Waals surface area contributed by atoms with E-state index < -0.39 is 18.0 Å². The number of anilines is 1. The molecule has 0 heterocycles. The molecule has 2 aromatic carbocycles. The van der Waals surface area contributed by atoms with E-state index in [4.69, 9.17) is 4.74 Å². The monoisotopic (exact) mass is 366 g/mol. The molecular weight excluding hydrogens is 344 g/mol. The first-order valence-corrected chi connectivity index (χ1v) is 8.47. The number of carbonyl (C=O) groups excluding carboxylic acids is 3. The number of hydrogen-bond donors (Lipinski definition) is 1. The lowest BCUT2D eigenvalue weighted by molar-refractivity contribution is -0.128. The number of nitrogens with zero attached hydrogens (tertiary/aromatic N) is 1. The minimum atomic E-state index is -0.993. The summed E-state index contributed by atoms with van der Waals surface area (Å²) in [5.74, 6) is -1.52. The maximum atomic E-state index is 12.9. The molecule has 2 rings (SSSR count). The molecule has 27 heavy (non-hydrogen) atoms. The number of para-hydroxylation sites is 1. The van der Waals surface area contributed by atoms with Crippen LogP contribution in [0.4, 0.5) is 5.69 Å². The summed E-state index contributed by atoms with van der Waals surface area (Å²) >= 11 is 0. The first-order valence-electron chi connectivity index (χ1n) is 8.47. The number of ether oxygens (including phenoxy) is 1. The van der Waals surface area contributed by atoms with Gasteiger partial charge in [-0.15, -0.1) is 6.58 Å². The third-order valence-corrected chi connectivity index (χ3v) is 3.90. The van der Waals surface area contributed by atoms with Crippen LogP contribution in [0, 0.1) is 0 Å². The molecule has 140 valence electrons. The lowest BCUT2D eigenvalue weighted by Crippen LogP contribution is -2.36. The second-order valence-corrected chi connectivity index (χ2v) is 5.83. The first kappa shape index (κ1) is 19.9. The van der Waals surface area contributed by atoms with Crippen LogP contribution in [-0.4, -0.2) is 37.5 Å². The van der Waals surface area contributed by atoms with Crippen molar-refractivity contribution in [2.45, 2.75) is 13.0 Å². The van der Waals surface area contributed by atoms with Crippen molar-refractivity contribution in [3.8, 4) is 0 Å². The molecule has 0 radical (unpaired) electrons. The van der Waals surface area contributed by atoms with Gasteiger partial charge in [-0.25, -0.2) is 4.79 Å². The second kappa shape index (κ2) is 9.33. The molecule has 0 aliphatic heterocycles. The molecule has 6 nitrogen and oxygen atoms in total. The van der Waals surface area contributed by atoms with Crippen LogP contribution >= 0.6 is 0 Å². The van der Waals surface area contributed by atoms with Crippen LogP contribution in [0.15, 0.2) is 67.3 Å². The van der Waals surface area contributed by atoms with Crippen LogP contribution < -0.4 is 10.2 Å². The Morgan fingerprint density at radius 2 is 1.67 bits per heavy atom. The predicted octanol–water partition coefficient (Wildman–Crippen LogP) is 2.81. The van der Waals surface area contributed by atoms with E-state index in [1.165, 1.54) is 24.0 Å². The molecule has 0 aliphatic rings. The van der Waals surface area contributed by atoms with Gasteiger partial charge in [0.1, 0.15) is 0 Å². The summed E-state index contributed by atoms with van der Waals surface area (Å²) in [6.45, 7) is 5.25. The van der Waals surface area contributed by atoms with Gasteiger partial charge in [0.25, 0.3) is 11.8 Å². The lowest BCUT2D eigenvalue weighted by atomic mass is 10.1. The summed E-state index contributed by atoms with van der Waals surface area (Å²) in [7, 11) is 1.63. The van der Waals surface area contributed by atoms with Gasteiger partial charge in [0, 0.05) is 19.3 Å². The molecule has 1 N–H and O–H groups in total. The fourth-order valence-corrected chi connectivity index (χ4v) is 2.39. The van der Waals surface area contributed by atoms with Crippen molar-refractivity contribution in [1.82, 2.24) is 5.32 Å². The quantitative estimate of drug-likeness (QED) is 0.604. The summed E-state index contributed by atoms with van der Waals surface area (Å²) in [6, 6.07) is 15.5. The van der Waals surface area contributed by atoms with Crippen LogP contribution in [0.2, 0.25) is 0 Å². The average molecular weight is 366 g/mol. The van der Waals surface area contributed by atoms with Crippen molar-refractivity contribution < 1.29 is 19.1 Å². The maximum Gasteiger partial charge on any atom is 0.339 e. The summed E-state index contributed by atoms with van der Waals surface area (Å²) in [5, 5.41) is 2.56. The Hall–Kier alpha value is -3.41. The van der Waals surface area contributed by atoms with Crippen LogP contribution in [0.25, 0.3) is 0 Å². The van der Waals surface area contributed by atoms with Gasteiger partial charge in [0.2, 0.25) is 0 Å². The molecule has 0 saturated carbocycles. The van der Waals surface area contributed by atoms with Gasteiger partial charge < -0.3 is 15.0 Å². The van der Waals surface area contributed by atoms with Crippen molar-refractivity contribution in [1.29, 1.82) is 0 Å². The summed E-state index contributed by atoms with van der Waals surface area (Å²) < 4.78 is 5.22. The number of hydrogen-bond acceptors (Lipinski definition) is 4. The van der Waals surface area contributed by atoms with E-state index in [1.807, 2.05) is 18.2 Å². The first-order chi connectivity index (χ1) is 13.0. The third-order valence-electron chi connectivity index (χ3n) is 3.90. The van der Waals surface area contributed by atoms with Crippen LogP contribution in [0.5, 0.6) is 0 Å². The Kier molecular flexibility index (Phi) is 6.88. The van der Waals surface area contributed by atoms with Gasteiger partial charge in [-0.05, 0) is 31.2 Å². The van der Waals surface area contributed by atoms with Gasteiger partial charge in [0.15, 0.2) is 6.10 Å². The molecule has 0 bridgehead atoms. The Labute approximate surface area is 158 Å². The highest BCUT2D eigenvalue weighted by atomic mass is 16.5. The fourth-order valence-electron chi connectivity index (χ4n) is 2.39. The topological polar surface area (TPSA) is 75.7 Å². The van der Waals surface area contributed by atoms with Crippen molar-refractivity contribution >= 4 is 23.5 Å². The number of nitrogens with one attached hydrogen (secondary N) is 1. The molecule has 1 atom stereocenters. The smallest absolute Gasteiger partial charge is 0.339 e. The highest BCUT2D eigenvalue weighted by Gasteiger charge is 2.24. The average Bonchev–Trinajstić information content (AvgIpc) is 2.71. The zero-order valence-corrected chi connectivity index (χ0v) is 15.3. The standard InChI is InChI=1S/C21H22N2O4/c1-4-14-22-19(24)15(2)27-21(26)18-13-9-8-12-17(18)20(25)23(3)16-10-6-5-7-11-16/h4-13,15H,1,14H2,2-3H3,(H,22,24)/t15-/m1/s1. The number of rotatable bonds is 7. The number of carbonyl (C=O) groups is 3. The minimum absolute atomic E-state index is 0.105. The normalized spacial score (nSPS) is 11.2. The van der Waals surface area contributed by atoms with E-state index in [0.29, 0.717) is 5.69 Å². The molecule has 0 saturated heterocycles. The van der Waals surface area contributed by atoms with Crippen LogP contribution in [-0.2, 0) is 9.53 Å². The number of benzene rings is 2. The zero-order chi connectivity index (χ0) is 19.8. The van der Waals surface area contributed by atoms with Gasteiger partial charge in [-0.2, -0.15) is 0 Å². The lowest BCUT2D eigenvalue weighted by Gasteiger charge is -2.19. The fraction of sp³-hybridized carbons (Fsp3) is 0.190. The Morgan fingerprint density at radius 1 is 1.07 bits per heavy atom. The molecule has 6 heteroatoms. The van der Waals surface area contributed by atoms with E-state index in [0.717, 1.165) is 0 Å². The molecule has 0 aliphatic carbocycles. The summed E-state index contributed by atoms with van der Waals surface area (Å²) in [5.41, 5.74) is 1.00. The summed E-state index contributed by atoms with van der Waals surface area (Å²) in [4.78, 5) is 38.7. The highest BCUT2D eigenvalue weighted by Crippen LogP contribution is 2.18. The van der Waals surface area contributed by atoms with E-state index in [9.17, 15) is 14.4 Å². The van der Waals surface area contributed by atoms with Gasteiger partial charge in [0.05, 0.1) is 11.1 Å². The van der Waals surface area contributed by atoms with Gasteiger partial charge >= 0.3 is 5.97 Å². The minimum Gasteiger partial charge on any atom is -0.449 e. The van der Waals surface area contributed by atoms with E-state index >= 15 is 0 Å².